The van der Waals surface area contributed by atoms with Gasteiger partial charge in [-0.15, -0.1) is 0 Å². The third kappa shape index (κ3) is 3.53. The lowest BCUT2D eigenvalue weighted by molar-refractivity contribution is 0.410. The Labute approximate surface area is 121 Å². The average Bonchev–Trinajstić information content (AvgIpc) is 2.46. The third-order valence-electron chi connectivity index (χ3n) is 3.51. The van der Waals surface area contributed by atoms with Gasteiger partial charge in [0.1, 0.15) is 5.75 Å². The number of aryl methyl sites for hydroxylation is 1. The van der Waals surface area contributed by atoms with Crippen LogP contribution in [0.5, 0.6) is 5.75 Å². The first-order valence-corrected chi connectivity index (χ1v) is 7.07. The van der Waals surface area contributed by atoms with Gasteiger partial charge in [-0.3, -0.25) is 0 Å². The first-order chi connectivity index (χ1) is 9.60. The molecule has 2 aromatic carbocycles. The summed E-state index contributed by atoms with van der Waals surface area (Å²) in [5, 5.41) is 3.45. The largest absolute Gasteiger partial charge is 0.496 e. The normalized spacial score (nSPS) is 10.7. The molecule has 0 bridgehead atoms. The second kappa shape index (κ2) is 6.47. The zero-order valence-electron chi connectivity index (χ0n) is 12.7. The van der Waals surface area contributed by atoms with Crippen molar-refractivity contribution in [3.8, 4) is 5.75 Å². The molecule has 0 amide bonds. The average molecular weight is 269 g/mol. The minimum absolute atomic E-state index is 0.527. The van der Waals surface area contributed by atoms with Crippen LogP contribution in [0.25, 0.3) is 0 Å². The van der Waals surface area contributed by atoms with Gasteiger partial charge in [-0.25, -0.2) is 0 Å². The molecule has 2 nitrogen and oxygen atoms in total. The number of methoxy groups -OCH3 is 1. The van der Waals surface area contributed by atoms with Gasteiger partial charge in [-0.05, 0) is 36.6 Å². The van der Waals surface area contributed by atoms with Crippen LogP contribution < -0.4 is 10.1 Å². The van der Waals surface area contributed by atoms with Crippen LogP contribution in [0.4, 0.5) is 5.69 Å². The first kappa shape index (κ1) is 14.4. The standard InChI is InChI=1S/C18H23NO/c1-13(2)15-7-10-18(20-4)16(11-15)12-19-17-8-5-14(3)6-9-17/h5-11,13,19H,12H2,1-4H3. The van der Waals surface area contributed by atoms with Crippen molar-refractivity contribution < 1.29 is 4.74 Å². The Hall–Kier alpha value is -1.96. The van der Waals surface area contributed by atoms with E-state index in [1.165, 1.54) is 16.7 Å². The van der Waals surface area contributed by atoms with Crippen molar-refractivity contribution in [3.05, 3.63) is 59.2 Å². The summed E-state index contributed by atoms with van der Waals surface area (Å²) in [5.41, 5.74) is 4.94. The molecule has 0 aromatic heterocycles. The van der Waals surface area contributed by atoms with Crippen LogP contribution in [0.15, 0.2) is 42.5 Å². The zero-order chi connectivity index (χ0) is 14.5. The van der Waals surface area contributed by atoms with Crippen molar-refractivity contribution in [3.63, 3.8) is 0 Å². The van der Waals surface area contributed by atoms with Crippen molar-refractivity contribution in [2.24, 2.45) is 0 Å². The van der Waals surface area contributed by atoms with E-state index >= 15 is 0 Å². The minimum atomic E-state index is 0.527. The molecular weight excluding hydrogens is 246 g/mol. The van der Waals surface area contributed by atoms with Crippen molar-refractivity contribution in [2.75, 3.05) is 12.4 Å². The van der Waals surface area contributed by atoms with Gasteiger partial charge in [0.2, 0.25) is 0 Å². The summed E-state index contributed by atoms with van der Waals surface area (Å²) in [7, 11) is 1.72. The van der Waals surface area contributed by atoms with E-state index in [1.54, 1.807) is 7.11 Å². The summed E-state index contributed by atoms with van der Waals surface area (Å²) in [4.78, 5) is 0. The summed E-state index contributed by atoms with van der Waals surface area (Å²) < 4.78 is 5.45. The molecule has 0 fully saturated rings. The van der Waals surface area contributed by atoms with E-state index in [1.807, 2.05) is 0 Å². The van der Waals surface area contributed by atoms with Gasteiger partial charge >= 0.3 is 0 Å². The van der Waals surface area contributed by atoms with Crippen molar-refractivity contribution >= 4 is 5.69 Å². The highest BCUT2D eigenvalue weighted by atomic mass is 16.5. The van der Waals surface area contributed by atoms with Crippen LogP contribution in [-0.2, 0) is 6.54 Å². The Morgan fingerprint density at radius 1 is 1.05 bits per heavy atom. The summed E-state index contributed by atoms with van der Waals surface area (Å²) >= 11 is 0. The summed E-state index contributed by atoms with van der Waals surface area (Å²) in [5.74, 6) is 1.47. The Bertz CT molecular complexity index is 558. The van der Waals surface area contributed by atoms with E-state index in [0.29, 0.717) is 5.92 Å². The third-order valence-corrected chi connectivity index (χ3v) is 3.51. The van der Waals surface area contributed by atoms with Gasteiger partial charge < -0.3 is 10.1 Å². The quantitative estimate of drug-likeness (QED) is 0.846. The van der Waals surface area contributed by atoms with Gasteiger partial charge in [0.15, 0.2) is 0 Å². The Morgan fingerprint density at radius 3 is 2.35 bits per heavy atom. The molecule has 0 saturated carbocycles. The maximum atomic E-state index is 5.45. The first-order valence-electron chi connectivity index (χ1n) is 7.07. The molecule has 20 heavy (non-hydrogen) atoms. The summed E-state index contributed by atoms with van der Waals surface area (Å²) in [6.07, 6.45) is 0. The maximum absolute atomic E-state index is 5.45. The molecule has 2 aromatic rings. The van der Waals surface area contributed by atoms with Crippen LogP contribution in [0.2, 0.25) is 0 Å². The molecule has 0 unspecified atom stereocenters. The molecule has 0 aliphatic carbocycles. The molecule has 1 N–H and O–H groups in total. The van der Waals surface area contributed by atoms with E-state index in [4.69, 9.17) is 4.74 Å². The van der Waals surface area contributed by atoms with Gasteiger partial charge in [0, 0.05) is 17.8 Å². The maximum Gasteiger partial charge on any atom is 0.123 e. The van der Waals surface area contributed by atoms with Gasteiger partial charge in [-0.2, -0.15) is 0 Å². The lowest BCUT2D eigenvalue weighted by atomic mass is 10.00. The van der Waals surface area contributed by atoms with Crippen LogP contribution in [0.1, 0.15) is 36.5 Å². The molecule has 2 rings (SSSR count). The van der Waals surface area contributed by atoms with Crippen LogP contribution in [0.3, 0.4) is 0 Å². The van der Waals surface area contributed by atoms with Crippen molar-refractivity contribution in [1.82, 2.24) is 0 Å². The van der Waals surface area contributed by atoms with E-state index in [2.05, 4.69) is 68.6 Å². The van der Waals surface area contributed by atoms with E-state index in [0.717, 1.165) is 18.0 Å². The van der Waals surface area contributed by atoms with Crippen LogP contribution >= 0.6 is 0 Å². The molecule has 0 saturated heterocycles. The predicted octanol–water partition coefficient (Wildman–Crippen LogP) is 4.74. The molecule has 0 radical (unpaired) electrons. The number of benzene rings is 2. The van der Waals surface area contributed by atoms with Crippen molar-refractivity contribution in [1.29, 1.82) is 0 Å². The highest BCUT2D eigenvalue weighted by molar-refractivity contribution is 5.47. The van der Waals surface area contributed by atoms with Crippen molar-refractivity contribution in [2.45, 2.75) is 33.2 Å². The number of hydrogen-bond acceptors (Lipinski definition) is 2. The second-order valence-corrected chi connectivity index (χ2v) is 5.45. The topological polar surface area (TPSA) is 21.3 Å². The smallest absolute Gasteiger partial charge is 0.123 e. The zero-order valence-corrected chi connectivity index (χ0v) is 12.7. The molecule has 0 heterocycles. The fraction of sp³-hybridized carbons (Fsp3) is 0.333. The SMILES string of the molecule is COc1ccc(C(C)C)cc1CNc1ccc(C)cc1. The minimum Gasteiger partial charge on any atom is -0.496 e. The van der Waals surface area contributed by atoms with Crippen LogP contribution in [-0.4, -0.2) is 7.11 Å². The number of ether oxygens (including phenoxy) is 1. The number of hydrogen-bond donors (Lipinski definition) is 1. The number of rotatable bonds is 5. The molecule has 106 valence electrons. The van der Waals surface area contributed by atoms with Crippen LogP contribution in [0, 0.1) is 6.92 Å². The molecule has 0 aliphatic rings. The number of nitrogens with one attached hydrogen (secondary N) is 1. The Morgan fingerprint density at radius 2 is 1.75 bits per heavy atom. The lowest BCUT2D eigenvalue weighted by Gasteiger charge is -2.14. The van der Waals surface area contributed by atoms with Gasteiger partial charge in [-0.1, -0.05) is 43.7 Å². The molecule has 2 heteroatoms. The monoisotopic (exact) mass is 269 g/mol. The Balaban J connectivity index is 2.14. The van der Waals surface area contributed by atoms with E-state index in [-0.39, 0.29) is 0 Å². The van der Waals surface area contributed by atoms with Gasteiger partial charge in [0.05, 0.1) is 7.11 Å². The molecular formula is C18H23NO. The Kier molecular flexibility index (Phi) is 4.67. The summed E-state index contributed by atoms with van der Waals surface area (Å²) in [6.45, 7) is 7.28. The number of anilines is 1. The highest BCUT2D eigenvalue weighted by Gasteiger charge is 2.06. The predicted molar refractivity (Wildman–Crippen MR) is 85.6 cm³/mol. The molecule has 0 atom stereocenters. The highest BCUT2D eigenvalue weighted by Crippen LogP contribution is 2.25. The van der Waals surface area contributed by atoms with Gasteiger partial charge in [0.25, 0.3) is 0 Å². The molecule has 0 aliphatic heterocycles. The second-order valence-electron chi connectivity index (χ2n) is 5.45. The lowest BCUT2D eigenvalue weighted by Crippen LogP contribution is -2.03. The fourth-order valence-electron chi connectivity index (χ4n) is 2.16. The summed E-state index contributed by atoms with van der Waals surface area (Å²) in [6, 6.07) is 14.9. The fourth-order valence-corrected chi connectivity index (χ4v) is 2.16. The molecule has 0 spiro atoms. The van der Waals surface area contributed by atoms with E-state index < -0.39 is 0 Å². The van der Waals surface area contributed by atoms with E-state index in [9.17, 15) is 0 Å².